The second-order valence-corrected chi connectivity index (χ2v) is 7.53. The Morgan fingerprint density at radius 1 is 1.23 bits per heavy atom. The highest BCUT2D eigenvalue weighted by Crippen LogP contribution is 2.27. The van der Waals surface area contributed by atoms with Crippen LogP contribution in [0.3, 0.4) is 0 Å². The van der Waals surface area contributed by atoms with E-state index in [0.717, 1.165) is 52.8 Å². The third-order valence-corrected chi connectivity index (χ3v) is 5.73. The van der Waals surface area contributed by atoms with Crippen LogP contribution in [-0.4, -0.2) is 24.0 Å². The van der Waals surface area contributed by atoms with E-state index in [1.807, 2.05) is 49.4 Å². The fourth-order valence-electron chi connectivity index (χ4n) is 3.30. The van der Waals surface area contributed by atoms with Crippen LogP contribution in [0.4, 0.5) is 11.7 Å². The van der Waals surface area contributed by atoms with Gasteiger partial charge >= 0.3 is 0 Å². The molecule has 4 rings (SSSR count). The van der Waals surface area contributed by atoms with Crippen LogP contribution in [0, 0.1) is 12.8 Å². The van der Waals surface area contributed by atoms with Crippen LogP contribution in [0.5, 0.6) is 0 Å². The van der Waals surface area contributed by atoms with Crippen molar-refractivity contribution < 1.29 is 9.21 Å². The number of nitrogens with zero attached hydrogens (tertiary/aromatic N) is 2. The highest BCUT2D eigenvalue weighted by molar-refractivity contribution is 9.10. The first-order valence-electron chi connectivity index (χ1n) is 8.78. The molecule has 1 fully saturated rings. The summed E-state index contributed by atoms with van der Waals surface area (Å²) in [4.78, 5) is 19.2. The second kappa shape index (κ2) is 7.11. The molecule has 1 aliphatic rings. The van der Waals surface area contributed by atoms with E-state index in [-0.39, 0.29) is 11.8 Å². The Bertz CT molecular complexity index is 912. The number of aromatic nitrogens is 1. The van der Waals surface area contributed by atoms with Crippen molar-refractivity contribution in [1.29, 1.82) is 0 Å². The Morgan fingerprint density at radius 2 is 2.00 bits per heavy atom. The molecule has 2 heterocycles. The molecule has 0 bridgehead atoms. The number of benzene rings is 2. The lowest BCUT2D eigenvalue weighted by Gasteiger charge is -2.30. The molecule has 2 aromatic carbocycles. The lowest BCUT2D eigenvalue weighted by Crippen LogP contribution is -2.38. The van der Waals surface area contributed by atoms with Gasteiger partial charge in [-0.2, -0.15) is 4.98 Å². The Balaban J connectivity index is 1.38. The number of piperidine rings is 1. The SMILES string of the molecule is Cc1cc(NC(=O)C2CCN(c3nc4ccccc4o3)CC2)ccc1Br. The fraction of sp³-hybridized carbons (Fsp3) is 0.300. The zero-order valence-corrected chi connectivity index (χ0v) is 16.1. The largest absolute Gasteiger partial charge is 0.423 e. The van der Waals surface area contributed by atoms with Crippen molar-refractivity contribution in [1.82, 2.24) is 4.98 Å². The second-order valence-electron chi connectivity index (χ2n) is 6.68. The molecule has 134 valence electrons. The topological polar surface area (TPSA) is 58.4 Å². The van der Waals surface area contributed by atoms with Gasteiger partial charge in [-0.15, -0.1) is 0 Å². The third-order valence-electron chi connectivity index (χ3n) is 4.84. The van der Waals surface area contributed by atoms with E-state index in [9.17, 15) is 4.79 Å². The molecule has 5 nitrogen and oxygen atoms in total. The van der Waals surface area contributed by atoms with Crippen LogP contribution in [0.2, 0.25) is 0 Å². The van der Waals surface area contributed by atoms with Gasteiger partial charge in [0, 0.05) is 29.2 Å². The number of oxazole rings is 1. The number of aryl methyl sites for hydroxylation is 1. The van der Waals surface area contributed by atoms with E-state index in [2.05, 4.69) is 31.1 Å². The minimum absolute atomic E-state index is 0.0135. The number of carbonyl (C=O) groups excluding carboxylic acids is 1. The number of halogens is 1. The summed E-state index contributed by atoms with van der Waals surface area (Å²) in [6.45, 7) is 3.55. The normalized spacial score (nSPS) is 15.4. The summed E-state index contributed by atoms with van der Waals surface area (Å²) in [6.07, 6.45) is 1.58. The van der Waals surface area contributed by atoms with Crippen LogP contribution in [-0.2, 0) is 4.79 Å². The molecule has 1 aliphatic heterocycles. The Morgan fingerprint density at radius 3 is 2.73 bits per heavy atom. The van der Waals surface area contributed by atoms with Gasteiger partial charge in [-0.25, -0.2) is 0 Å². The first-order valence-corrected chi connectivity index (χ1v) is 9.57. The molecule has 3 aromatic rings. The van der Waals surface area contributed by atoms with Gasteiger partial charge in [-0.05, 0) is 55.7 Å². The summed E-state index contributed by atoms with van der Waals surface area (Å²) in [5.74, 6) is 0.100. The molecule has 0 radical (unpaired) electrons. The molecule has 1 N–H and O–H groups in total. The maximum Gasteiger partial charge on any atom is 0.298 e. The van der Waals surface area contributed by atoms with E-state index in [1.165, 1.54) is 0 Å². The van der Waals surface area contributed by atoms with Crippen LogP contribution < -0.4 is 10.2 Å². The van der Waals surface area contributed by atoms with E-state index in [4.69, 9.17) is 4.42 Å². The molecular weight excluding hydrogens is 394 g/mol. The van der Waals surface area contributed by atoms with Crippen LogP contribution in [0.25, 0.3) is 11.1 Å². The summed E-state index contributed by atoms with van der Waals surface area (Å²) in [6, 6.07) is 14.3. The van der Waals surface area contributed by atoms with Gasteiger partial charge in [-0.1, -0.05) is 28.1 Å². The van der Waals surface area contributed by atoms with E-state index >= 15 is 0 Å². The molecule has 0 saturated carbocycles. The number of para-hydroxylation sites is 2. The molecule has 26 heavy (non-hydrogen) atoms. The van der Waals surface area contributed by atoms with Crippen molar-refractivity contribution in [3.05, 3.63) is 52.5 Å². The standard InChI is InChI=1S/C20H20BrN3O2/c1-13-12-15(6-7-16(13)21)22-19(25)14-8-10-24(11-9-14)20-23-17-4-2-3-5-18(17)26-20/h2-7,12,14H,8-11H2,1H3,(H,22,25). The zero-order chi connectivity index (χ0) is 18.1. The lowest BCUT2D eigenvalue weighted by molar-refractivity contribution is -0.120. The fourth-order valence-corrected chi connectivity index (χ4v) is 3.54. The number of hydrogen-bond donors (Lipinski definition) is 1. The first kappa shape index (κ1) is 17.1. The third kappa shape index (κ3) is 3.46. The van der Waals surface area contributed by atoms with Crippen molar-refractivity contribution >= 4 is 44.6 Å². The number of anilines is 2. The molecule has 0 atom stereocenters. The number of fused-ring (bicyclic) bond motifs is 1. The number of nitrogens with one attached hydrogen (secondary N) is 1. The Kier molecular flexibility index (Phi) is 4.68. The van der Waals surface area contributed by atoms with Crippen molar-refractivity contribution in [3.8, 4) is 0 Å². The Labute approximate surface area is 160 Å². The van der Waals surface area contributed by atoms with E-state index in [1.54, 1.807) is 0 Å². The monoisotopic (exact) mass is 413 g/mol. The smallest absolute Gasteiger partial charge is 0.298 e. The maximum atomic E-state index is 12.6. The quantitative estimate of drug-likeness (QED) is 0.672. The summed E-state index contributed by atoms with van der Waals surface area (Å²) >= 11 is 3.48. The molecule has 1 saturated heterocycles. The highest BCUT2D eigenvalue weighted by atomic mass is 79.9. The number of amides is 1. The highest BCUT2D eigenvalue weighted by Gasteiger charge is 2.27. The van der Waals surface area contributed by atoms with Crippen molar-refractivity contribution in [3.63, 3.8) is 0 Å². The summed E-state index contributed by atoms with van der Waals surface area (Å²) in [5.41, 5.74) is 3.62. The van der Waals surface area contributed by atoms with E-state index in [0.29, 0.717) is 6.01 Å². The number of hydrogen-bond acceptors (Lipinski definition) is 4. The lowest BCUT2D eigenvalue weighted by atomic mass is 9.96. The molecule has 6 heteroatoms. The minimum Gasteiger partial charge on any atom is -0.423 e. The summed E-state index contributed by atoms with van der Waals surface area (Å²) in [7, 11) is 0. The number of rotatable bonds is 3. The maximum absolute atomic E-state index is 12.6. The molecular formula is C20H20BrN3O2. The Hall–Kier alpha value is -2.34. The molecule has 1 aromatic heterocycles. The van der Waals surface area contributed by atoms with Gasteiger partial charge in [0.15, 0.2) is 5.58 Å². The van der Waals surface area contributed by atoms with Crippen LogP contribution >= 0.6 is 15.9 Å². The van der Waals surface area contributed by atoms with E-state index < -0.39 is 0 Å². The van der Waals surface area contributed by atoms with Crippen molar-refractivity contribution in [2.75, 3.05) is 23.3 Å². The van der Waals surface area contributed by atoms with Gasteiger partial charge < -0.3 is 14.6 Å². The van der Waals surface area contributed by atoms with Gasteiger partial charge in [0.25, 0.3) is 6.01 Å². The zero-order valence-electron chi connectivity index (χ0n) is 14.5. The van der Waals surface area contributed by atoms with Crippen molar-refractivity contribution in [2.24, 2.45) is 5.92 Å². The predicted octanol–water partition coefficient (Wildman–Crippen LogP) is 4.75. The summed E-state index contributed by atoms with van der Waals surface area (Å²) in [5, 5.41) is 3.04. The predicted molar refractivity (Wildman–Crippen MR) is 106 cm³/mol. The van der Waals surface area contributed by atoms with Gasteiger partial charge in [0.2, 0.25) is 5.91 Å². The molecule has 0 spiro atoms. The van der Waals surface area contributed by atoms with Crippen LogP contribution in [0.1, 0.15) is 18.4 Å². The minimum atomic E-state index is 0.0135. The molecule has 0 unspecified atom stereocenters. The molecule has 1 amide bonds. The first-order chi connectivity index (χ1) is 12.6. The average Bonchev–Trinajstić information content (AvgIpc) is 3.09. The van der Waals surface area contributed by atoms with Gasteiger partial charge in [0.1, 0.15) is 5.52 Å². The van der Waals surface area contributed by atoms with Gasteiger partial charge in [-0.3, -0.25) is 4.79 Å². The average molecular weight is 414 g/mol. The number of carbonyl (C=O) groups is 1. The van der Waals surface area contributed by atoms with Gasteiger partial charge in [0.05, 0.1) is 0 Å². The van der Waals surface area contributed by atoms with Crippen LogP contribution in [0.15, 0.2) is 51.4 Å². The summed E-state index contributed by atoms with van der Waals surface area (Å²) < 4.78 is 6.88. The van der Waals surface area contributed by atoms with Crippen molar-refractivity contribution in [2.45, 2.75) is 19.8 Å². The molecule has 0 aliphatic carbocycles.